The third-order valence-electron chi connectivity index (χ3n) is 3.02. The summed E-state index contributed by atoms with van der Waals surface area (Å²) in [6.07, 6.45) is 3.96. The third kappa shape index (κ3) is 2.52. The molecule has 98 valence electrons. The molecule has 1 aliphatic carbocycles. The zero-order chi connectivity index (χ0) is 13.4. The van der Waals surface area contributed by atoms with E-state index < -0.39 is 0 Å². The number of carbonyl (C=O) groups excluding carboxylic acids is 1. The van der Waals surface area contributed by atoms with E-state index >= 15 is 0 Å². The van der Waals surface area contributed by atoms with E-state index in [1.807, 2.05) is 6.07 Å². The highest BCUT2D eigenvalue weighted by atomic mass is 79.9. The quantitative estimate of drug-likeness (QED) is 0.863. The van der Waals surface area contributed by atoms with E-state index in [0.717, 1.165) is 23.0 Å². The first-order chi connectivity index (χ1) is 9.16. The van der Waals surface area contributed by atoms with E-state index in [9.17, 15) is 4.79 Å². The first-order valence-electron chi connectivity index (χ1n) is 5.86. The zero-order valence-corrected chi connectivity index (χ0v) is 12.6. The smallest absolute Gasteiger partial charge is 0.261 e. The van der Waals surface area contributed by atoms with Crippen LogP contribution in [0.15, 0.2) is 22.2 Å². The summed E-state index contributed by atoms with van der Waals surface area (Å²) >= 11 is 4.71. The Morgan fingerprint density at radius 2 is 2.32 bits per heavy atom. The summed E-state index contributed by atoms with van der Waals surface area (Å²) in [5, 5.41) is 8.26. The van der Waals surface area contributed by atoms with Gasteiger partial charge in [0.2, 0.25) is 5.13 Å². The Kier molecular flexibility index (Phi) is 3.32. The van der Waals surface area contributed by atoms with Gasteiger partial charge in [-0.05, 0) is 34.8 Å². The van der Waals surface area contributed by atoms with Gasteiger partial charge in [-0.25, -0.2) is 0 Å². The molecule has 0 atom stereocenters. The van der Waals surface area contributed by atoms with E-state index in [1.54, 1.807) is 18.8 Å². The number of aromatic nitrogens is 3. The second-order valence-electron chi connectivity index (χ2n) is 4.45. The molecule has 0 bridgehead atoms. The van der Waals surface area contributed by atoms with Crippen LogP contribution >= 0.6 is 27.3 Å². The Morgan fingerprint density at radius 3 is 2.95 bits per heavy atom. The van der Waals surface area contributed by atoms with Crippen molar-refractivity contribution in [2.75, 3.05) is 11.9 Å². The second-order valence-corrected chi connectivity index (χ2v) is 6.17. The first kappa shape index (κ1) is 12.7. The van der Waals surface area contributed by atoms with Gasteiger partial charge in [0.1, 0.15) is 5.51 Å². The summed E-state index contributed by atoms with van der Waals surface area (Å²) in [6.45, 7) is 0. The highest BCUT2D eigenvalue weighted by Crippen LogP contribution is 2.41. The van der Waals surface area contributed by atoms with Crippen LogP contribution < -0.4 is 4.90 Å². The van der Waals surface area contributed by atoms with Crippen LogP contribution in [-0.4, -0.2) is 28.1 Å². The van der Waals surface area contributed by atoms with E-state index in [1.165, 1.54) is 16.2 Å². The fourth-order valence-corrected chi connectivity index (χ4v) is 2.74. The lowest BCUT2D eigenvalue weighted by molar-refractivity contribution is 0.0991. The Balaban J connectivity index is 1.96. The van der Waals surface area contributed by atoms with Gasteiger partial charge in [-0.2, -0.15) is 0 Å². The van der Waals surface area contributed by atoms with Crippen molar-refractivity contribution in [2.24, 2.45) is 0 Å². The van der Waals surface area contributed by atoms with Gasteiger partial charge in [-0.1, -0.05) is 11.3 Å². The largest absolute Gasteiger partial charge is 0.286 e. The van der Waals surface area contributed by atoms with Gasteiger partial charge < -0.3 is 0 Å². The summed E-state index contributed by atoms with van der Waals surface area (Å²) in [5.41, 5.74) is 3.15. The van der Waals surface area contributed by atoms with Crippen molar-refractivity contribution in [3.63, 3.8) is 0 Å². The number of anilines is 1. The van der Waals surface area contributed by atoms with Crippen molar-refractivity contribution in [3.8, 4) is 0 Å². The van der Waals surface area contributed by atoms with E-state index in [2.05, 4.69) is 31.1 Å². The third-order valence-corrected chi connectivity index (χ3v) is 4.22. The molecule has 0 spiro atoms. The molecule has 0 aromatic carbocycles. The molecule has 0 aliphatic heterocycles. The lowest BCUT2D eigenvalue weighted by Gasteiger charge is -2.15. The number of amides is 1. The van der Waals surface area contributed by atoms with Crippen LogP contribution in [0.2, 0.25) is 0 Å². The maximum absolute atomic E-state index is 12.6. The van der Waals surface area contributed by atoms with Crippen molar-refractivity contribution >= 4 is 38.3 Å². The van der Waals surface area contributed by atoms with Crippen LogP contribution in [0.4, 0.5) is 5.13 Å². The summed E-state index contributed by atoms with van der Waals surface area (Å²) in [7, 11) is 1.71. The minimum atomic E-state index is -0.0903. The molecular formula is C12H11BrN4OS. The second kappa shape index (κ2) is 4.97. The minimum Gasteiger partial charge on any atom is -0.286 e. The Bertz CT molecular complexity index is 612. The predicted molar refractivity (Wildman–Crippen MR) is 76.6 cm³/mol. The molecule has 1 aliphatic rings. The maximum atomic E-state index is 12.6. The van der Waals surface area contributed by atoms with Crippen LogP contribution in [-0.2, 0) is 0 Å². The van der Waals surface area contributed by atoms with Crippen LogP contribution in [0.3, 0.4) is 0 Å². The van der Waals surface area contributed by atoms with Gasteiger partial charge in [0.25, 0.3) is 5.91 Å². The topological polar surface area (TPSA) is 59.0 Å². The highest BCUT2D eigenvalue weighted by Gasteiger charge is 2.31. The Morgan fingerprint density at radius 1 is 1.53 bits per heavy atom. The fraction of sp³-hybridized carbons (Fsp3) is 0.333. The zero-order valence-electron chi connectivity index (χ0n) is 10.2. The summed E-state index contributed by atoms with van der Waals surface area (Å²) in [5.74, 6) is 0.335. The molecule has 0 unspecified atom stereocenters. The van der Waals surface area contributed by atoms with Crippen molar-refractivity contribution in [1.82, 2.24) is 15.2 Å². The van der Waals surface area contributed by atoms with Crippen molar-refractivity contribution in [2.45, 2.75) is 18.8 Å². The van der Waals surface area contributed by atoms with Gasteiger partial charge in [0.15, 0.2) is 0 Å². The van der Waals surface area contributed by atoms with Crippen LogP contribution in [0.5, 0.6) is 0 Å². The van der Waals surface area contributed by atoms with Crippen molar-refractivity contribution < 1.29 is 4.79 Å². The van der Waals surface area contributed by atoms with E-state index in [4.69, 9.17) is 0 Å². The predicted octanol–water partition coefficient (Wildman–Crippen LogP) is 2.85. The monoisotopic (exact) mass is 338 g/mol. The number of halogens is 1. The lowest BCUT2D eigenvalue weighted by Crippen LogP contribution is -2.27. The summed E-state index contributed by atoms with van der Waals surface area (Å²) in [6, 6.07) is 1.83. The Hall–Kier alpha value is -1.34. The highest BCUT2D eigenvalue weighted by molar-refractivity contribution is 9.10. The molecule has 7 heteroatoms. The van der Waals surface area contributed by atoms with Crippen LogP contribution in [0.25, 0.3) is 0 Å². The van der Waals surface area contributed by atoms with Gasteiger partial charge in [-0.15, -0.1) is 10.2 Å². The molecule has 2 aromatic rings. The molecule has 2 aromatic heterocycles. The normalized spacial score (nSPS) is 14.4. The average molecular weight is 339 g/mol. The maximum Gasteiger partial charge on any atom is 0.261 e. The Labute approximate surface area is 122 Å². The molecule has 0 saturated heterocycles. The van der Waals surface area contributed by atoms with Crippen molar-refractivity contribution in [1.29, 1.82) is 0 Å². The van der Waals surface area contributed by atoms with E-state index in [0.29, 0.717) is 16.6 Å². The number of pyridine rings is 1. The van der Waals surface area contributed by atoms with Gasteiger partial charge in [-0.3, -0.25) is 14.7 Å². The standard InChI is InChI=1S/C12H11BrN4OS/c1-17(12-16-15-6-19-12)11(18)9-4-8(13)5-14-10(9)7-2-3-7/h4-7H,2-3H2,1H3. The van der Waals surface area contributed by atoms with Gasteiger partial charge >= 0.3 is 0 Å². The lowest BCUT2D eigenvalue weighted by atomic mass is 10.1. The molecule has 3 rings (SSSR count). The molecule has 0 radical (unpaired) electrons. The summed E-state index contributed by atoms with van der Waals surface area (Å²) < 4.78 is 0.811. The molecule has 1 saturated carbocycles. The average Bonchev–Trinajstić information content (AvgIpc) is 3.11. The molecule has 19 heavy (non-hydrogen) atoms. The number of carbonyl (C=O) groups is 1. The fourth-order valence-electron chi connectivity index (χ4n) is 1.88. The molecule has 0 N–H and O–H groups in total. The minimum absolute atomic E-state index is 0.0903. The van der Waals surface area contributed by atoms with Crippen molar-refractivity contribution in [3.05, 3.63) is 33.5 Å². The number of rotatable bonds is 3. The van der Waals surface area contributed by atoms with Gasteiger partial charge in [0, 0.05) is 23.6 Å². The van der Waals surface area contributed by atoms with E-state index in [-0.39, 0.29) is 5.91 Å². The molecule has 2 heterocycles. The van der Waals surface area contributed by atoms with Crippen LogP contribution in [0, 0.1) is 0 Å². The molecule has 5 nitrogen and oxygen atoms in total. The van der Waals surface area contributed by atoms with Crippen LogP contribution in [0.1, 0.15) is 34.8 Å². The molecule has 1 fully saturated rings. The molecule has 1 amide bonds. The van der Waals surface area contributed by atoms with Gasteiger partial charge in [0.05, 0.1) is 11.3 Å². The SMILES string of the molecule is CN(C(=O)c1cc(Br)cnc1C1CC1)c1nncs1. The summed E-state index contributed by atoms with van der Waals surface area (Å²) in [4.78, 5) is 18.5. The molecular weight excluding hydrogens is 328 g/mol. The first-order valence-corrected chi connectivity index (χ1v) is 7.53. The number of hydrogen-bond acceptors (Lipinski definition) is 5. The number of hydrogen-bond donors (Lipinski definition) is 0. The number of nitrogens with zero attached hydrogens (tertiary/aromatic N) is 4.